The van der Waals surface area contributed by atoms with Crippen molar-refractivity contribution in [3.63, 3.8) is 0 Å². The van der Waals surface area contributed by atoms with Crippen LogP contribution >= 0.6 is 0 Å². The summed E-state index contributed by atoms with van der Waals surface area (Å²) in [7, 11) is 0. The molecule has 0 radical (unpaired) electrons. The molecule has 0 amide bonds. The van der Waals surface area contributed by atoms with E-state index in [1.165, 1.54) is 88.0 Å². The highest BCUT2D eigenvalue weighted by Gasteiger charge is 2.47. The monoisotopic (exact) mass is 710 g/mol. The molecule has 0 bridgehead atoms. The van der Waals surface area contributed by atoms with Crippen molar-refractivity contribution in [3.05, 3.63) is 229 Å². The molecule has 1 heteroatoms. The molecule has 11 aromatic rings. The van der Waals surface area contributed by atoms with Crippen molar-refractivity contribution in [3.8, 4) is 33.4 Å². The fraction of sp³-hybridized carbons (Fsp3) is 0.0182. The van der Waals surface area contributed by atoms with Gasteiger partial charge in [0.1, 0.15) is 11.2 Å². The lowest BCUT2D eigenvalue weighted by Gasteiger charge is -2.34. The SMILES string of the molecule is c1ccc(C2(c3ccccc3)c3ccccc3-c3c2cc2cc(-c4cccc5oc6cc7ccccc7cc6c45)ccc2c3-c2cccc3ccccc23)cc1. The van der Waals surface area contributed by atoms with E-state index in [9.17, 15) is 0 Å². The largest absolute Gasteiger partial charge is 0.456 e. The van der Waals surface area contributed by atoms with Crippen molar-refractivity contribution in [1.82, 2.24) is 0 Å². The van der Waals surface area contributed by atoms with Crippen LogP contribution in [0.3, 0.4) is 0 Å². The second-order valence-corrected chi connectivity index (χ2v) is 15.1. The Hall–Kier alpha value is -7.22. The van der Waals surface area contributed by atoms with Gasteiger partial charge < -0.3 is 4.42 Å². The summed E-state index contributed by atoms with van der Waals surface area (Å²) in [6.45, 7) is 0. The van der Waals surface area contributed by atoms with Gasteiger partial charge in [-0.3, -0.25) is 0 Å². The summed E-state index contributed by atoms with van der Waals surface area (Å²) >= 11 is 0. The third-order valence-electron chi connectivity index (χ3n) is 12.3. The average molecular weight is 711 g/mol. The van der Waals surface area contributed by atoms with Crippen molar-refractivity contribution < 1.29 is 4.42 Å². The molecule has 0 atom stereocenters. The lowest BCUT2D eigenvalue weighted by Crippen LogP contribution is -2.28. The molecule has 1 aliphatic carbocycles. The van der Waals surface area contributed by atoms with Gasteiger partial charge in [0.15, 0.2) is 0 Å². The Morgan fingerprint density at radius 2 is 0.946 bits per heavy atom. The highest BCUT2D eigenvalue weighted by molar-refractivity contribution is 6.18. The van der Waals surface area contributed by atoms with Gasteiger partial charge in [-0.1, -0.05) is 176 Å². The van der Waals surface area contributed by atoms with Crippen LogP contribution in [-0.2, 0) is 5.41 Å². The molecule has 1 heterocycles. The van der Waals surface area contributed by atoms with Gasteiger partial charge in [0.05, 0.1) is 5.41 Å². The van der Waals surface area contributed by atoms with Crippen LogP contribution in [-0.4, -0.2) is 0 Å². The standard InChI is InChI=1S/C55H34O/c1-3-19-40(20-4-1)55(41-21-5-2-6-22-41)48-27-12-11-24-46(48)54-49(55)33-39-31-38(29-30-44(39)53(54)45-26-13-18-35-15-9-10-23-42(35)45)43-25-14-28-50-52(43)47-32-36-16-7-8-17-37(36)34-51(47)56-50/h1-34H. The third-order valence-corrected chi connectivity index (χ3v) is 12.3. The number of hydrogen-bond acceptors (Lipinski definition) is 1. The maximum Gasteiger partial charge on any atom is 0.136 e. The summed E-state index contributed by atoms with van der Waals surface area (Å²) in [6.07, 6.45) is 0. The van der Waals surface area contributed by atoms with Crippen molar-refractivity contribution in [2.75, 3.05) is 0 Å². The lowest BCUT2D eigenvalue weighted by molar-refractivity contribution is 0.669. The van der Waals surface area contributed by atoms with Crippen molar-refractivity contribution in [1.29, 1.82) is 0 Å². The van der Waals surface area contributed by atoms with E-state index < -0.39 is 5.41 Å². The average Bonchev–Trinajstić information content (AvgIpc) is 3.78. The Morgan fingerprint density at radius 1 is 0.321 bits per heavy atom. The Balaban J connectivity index is 1.23. The first-order valence-electron chi connectivity index (χ1n) is 19.4. The number of benzene rings is 10. The fourth-order valence-electron chi connectivity index (χ4n) is 9.96. The zero-order valence-corrected chi connectivity index (χ0v) is 30.5. The molecule has 1 aromatic heterocycles. The van der Waals surface area contributed by atoms with E-state index in [2.05, 4.69) is 206 Å². The molecule has 1 nitrogen and oxygen atoms in total. The second kappa shape index (κ2) is 11.9. The van der Waals surface area contributed by atoms with E-state index in [4.69, 9.17) is 4.42 Å². The van der Waals surface area contributed by atoms with Crippen LogP contribution in [0, 0.1) is 0 Å². The van der Waals surface area contributed by atoms with Gasteiger partial charge in [-0.05, 0) is 118 Å². The number of rotatable bonds is 4. The van der Waals surface area contributed by atoms with E-state index in [1.807, 2.05) is 0 Å². The van der Waals surface area contributed by atoms with Crippen molar-refractivity contribution in [2.24, 2.45) is 0 Å². The first kappa shape index (κ1) is 31.2. The molecule has 1 aliphatic rings. The summed E-state index contributed by atoms with van der Waals surface area (Å²) in [5, 5.41) is 9.63. The lowest BCUT2D eigenvalue weighted by atomic mass is 9.67. The molecule has 260 valence electrons. The normalized spacial score (nSPS) is 13.1. The molecule has 0 unspecified atom stereocenters. The Morgan fingerprint density at radius 3 is 1.75 bits per heavy atom. The molecular weight excluding hydrogens is 677 g/mol. The molecule has 56 heavy (non-hydrogen) atoms. The van der Waals surface area contributed by atoms with E-state index >= 15 is 0 Å². The zero-order chi connectivity index (χ0) is 36.8. The first-order valence-corrected chi connectivity index (χ1v) is 19.4. The predicted octanol–water partition coefficient (Wildman–Crippen LogP) is 14.7. The van der Waals surface area contributed by atoms with Gasteiger partial charge in [0.25, 0.3) is 0 Å². The maximum absolute atomic E-state index is 6.55. The minimum atomic E-state index is -0.528. The number of furan rings is 1. The topological polar surface area (TPSA) is 13.1 Å². The molecule has 10 aromatic carbocycles. The maximum atomic E-state index is 6.55. The van der Waals surface area contributed by atoms with Crippen LogP contribution in [0.4, 0.5) is 0 Å². The Kier molecular flexibility index (Phi) is 6.62. The van der Waals surface area contributed by atoms with E-state index in [-0.39, 0.29) is 0 Å². The fourth-order valence-corrected chi connectivity index (χ4v) is 9.96. The minimum Gasteiger partial charge on any atom is -0.456 e. The molecule has 0 fully saturated rings. The van der Waals surface area contributed by atoms with Gasteiger partial charge in [-0.2, -0.15) is 0 Å². The Labute approximate surface area is 324 Å². The van der Waals surface area contributed by atoms with E-state index in [0.29, 0.717) is 0 Å². The van der Waals surface area contributed by atoms with Gasteiger partial charge >= 0.3 is 0 Å². The van der Waals surface area contributed by atoms with Crippen LogP contribution < -0.4 is 0 Å². The van der Waals surface area contributed by atoms with Gasteiger partial charge in [0.2, 0.25) is 0 Å². The number of fused-ring (bicyclic) bond motifs is 9. The summed E-state index contributed by atoms with van der Waals surface area (Å²) in [5.74, 6) is 0. The van der Waals surface area contributed by atoms with Crippen LogP contribution in [0.15, 0.2) is 211 Å². The van der Waals surface area contributed by atoms with Gasteiger partial charge in [-0.15, -0.1) is 0 Å². The third kappa shape index (κ3) is 4.31. The summed E-state index contributed by atoms with van der Waals surface area (Å²) in [6, 6.07) is 76.0. The molecule has 0 N–H and O–H groups in total. The highest BCUT2D eigenvalue weighted by Crippen LogP contribution is 2.60. The van der Waals surface area contributed by atoms with E-state index in [1.54, 1.807) is 0 Å². The van der Waals surface area contributed by atoms with Gasteiger partial charge in [-0.25, -0.2) is 0 Å². The summed E-state index contributed by atoms with van der Waals surface area (Å²) in [4.78, 5) is 0. The van der Waals surface area contributed by atoms with E-state index in [0.717, 1.165) is 21.9 Å². The Bertz CT molecular complexity index is 3310. The predicted molar refractivity (Wildman–Crippen MR) is 234 cm³/mol. The molecule has 0 spiro atoms. The molecule has 0 saturated carbocycles. The first-order chi connectivity index (χ1) is 27.8. The smallest absolute Gasteiger partial charge is 0.136 e. The molecule has 12 rings (SSSR count). The van der Waals surface area contributed by atoms with Gasteiger partial charge in [0, 0.05) is 10.8 Å². The highest BCUT2D eigenvalue weighted by atomic mass is 16.3. The second-order valence-electron chi connectivity index (χ2n) is 15.1. The molecular formula is C55H34O. The van der Waals surface area contributed by atoms with Crippen LogP contribution in [0.2, 0.25) is 0 Å². The van der Waals surface area contributed by atoms with Crippen LogP contribution in [0.1, 0.15) is 22.3 Å². The quantitative estimate of drug-likeness (QED) is 0.177. The minimum absolute atomic E-state index is 0.528. The van der Waals surface area contributed by atoms with Crippen molar-refractivity contribution >= 4 is 54.3 Å². The number of hydrogen-bond donors (Lipinski definition) is 0. The molecule has 0 saturated heterocycles. The summed E-state index contributed by atoms with van der Waals surface area (Å²) < 4.78 is 6.55. The van der Waals surface area contributed by atoms with Crippen LogP contribution in [0.25, 0.3) is 87.6 Å². The van der Waals surface area contributed by atoms with Crippen LogP contribution in [0.5, 0.6) is 0 Å². The zero-order valence-electron chi connectivity index (χ0n) is 30.5. The van der Waals surface area contributed by atoms with Crippen molar-refractivity contribution in [2.45, 2.75) is 5.41 Å². The summed E-state index contributed by atoms with van der Waals surface area (Å²) in [5.41, 5.74) is 13.9. The molecule has 0 aliphatic heterocycles.